The number of nitrogens with zero attached hydrogens (tertiary/aromatic N) is 1. The number of halogens is 1. The van der Waals surface area contributed by atoms with Crippen LogP contribution < -0.4 is 5.69 Å². The molecule has 0 saturated carbocycles. The Morgan fingerprint density at radius 1 is 1.31 bits per heavy atom. The summed E-state index contributed by atoms with van der Waals surface area (Å²) in [5.74, 6) is 0. The van der Waals surface area contributed by atoms with Crippen molar-refractivity contribution in [2.45, 2.75) is 4.90 Å². The first-order valence-electron chi connectivity index (χ1n) is 4.29. The molecule has 1 aromatic heterocycles. The highest BCUT2D eigenvalue weighted by Crippen LogP contribution is 2.17. The quantitative estimate of drug-likeness (QED) is 0.820. The van der Waals surface area contributed by atoms with Gasteiger partial charge in [0.25, 0.3) is 9.05 Å². The van der Waals surface area contributed by atoms with Crippen LogP contribution in [-0.4, -0.2) is 18.0 Å². The first-order valence-corrected chi connectivity index (χ1v) is 6.60. The standard InChI is InChI=1S/C9H7ClN2O3S/c10-16(14,15)8-3-1-2-7(6-8)12-5-4-11-9(12)13/h1-6H,(H,11,13). The summed E-state index contributed by atoms with van der Waals surface area (Å²) < 4.78 is 23.5. The lowest BCUT2D eigenvalue weighted by Gasteiger charge is -2.02. The maximum Gasteiger partial charge on any atom is 0.330 e. The fraction of sp³-hybridized carbons (Fsp3) is 0. The van der Waals surface area contributed by atoms with Crippen molar-refractivity contribution in [3.8, 4) is 5.69 Å². The summed E-state index contributed by atoms with van der Waals surface area (Å²) in [5, 5.41) is 0. The molecule has 5 nitrogen and oxygen atoms in total. The first kappa shape index (κ1) is 11.0. The molecule has 7 heteroatoms. The highest BCUT2D eigenvalue weighted by molar-refractivity contribution is 8.13. The molecule has 0 spiro atoms. The van der Waals surface area contributed by atoms with Crippen molar-refractivity contribution >= 4 is 19.7 Å². The number of benzene rings is 1. The number of hydrogen-bond acceptors (Lipinski definition) is 3. The number of imidazole rings is 1. The fourth-order valence-electron chi connectivity index (χ4n) is 1.31. The van der Waals surface area contributed by atoms with Gasteiger partial charge in [-0.15, -0.1) is 0 Å². The molecule has 16 heavy (non-hydrogen) atoms. The zero-order chi connectivity index (χ0) is 11.8. The summed E-state index contributed by atoms with van der Waals surface area (Å²) in [6.45, 7) is 0. The summed E-state index contributed by atoms with van der Waals surface area (Å²) >= 11 is 0. The van der Waals surface area contributed by atoms with Gasteiger partial charge in [0.05, 0.1) is 10.6 Å². The van der Waals surface area contributed by atoms with Crippen LogP contribution in [0.3, 0.4) is 0 Å². The van der Waals surface area contributed by atoms with Gasteiger partial charge in [-0.2, -0.15) is 0 Å². The van der Waals surface area contributed by atoms with Crippen LogP contribution in [0.5, 0.6) is 0 Å². The molecule has 84 valence electrons. The number of aromatic nitrogens is 2. The molecule has 0 aliphatic heterocycles. The molecule has 0 aliphatic carbocycles. The summed E-state index contributed by atoms with van der Waals surface area (Å²) in [5.41, 5.74) is 0.0945. The SMILES string of the molecule is O=c1[nH]ccn1-c1cccc(S(=O)(=O)Cl)c1. The lowest BCUT2D eigenvalue weighted by atomic mass is 10.3. The van der Waals surface area contributed by atoms with E-state index < -0.39 is 9.05 Å². The third-order valence-electron chi connectivity index (χ3n) is 2.03. The van der Waals surface area contributed by atoms with E-state index in [0.29, 0.717) is 5.69 Å². The topological polar surface area (TPSA) is 71.9 Å². The third-order valence-corrected chi connectivity index (χ3v) is 3.38. The molecule has 1 heterocycles. The number of rotatable bonds is 2. The molecule has 0 radical (unpaired) electrons. The van der Waals surface area contributed by atoms with Crippen molar-refractivity contribution in [1.29, 1.82) is 0 Å². The lowest BCUT2D eigenvalue weighted by molar-refractivity contribution is 0.609. The van der Waals surface area contributed by atoms with Crippen molar-refractivity contribution in [3.63, 3.8) is 0 Å². The van der Waals surface area contributed by atoms with Crippen LogP contribution in [0, 0.1) is 0 Å². The smallest absolute Gasteiger partial charge is 0.312 e. The second-order valence-corrected chi connectivity index (χ2v) is 5.64. The highest BCUT2D eigenvalue weighted by atomic mass is 35.7. The Balaban J connectivity index is 2.62. The fourth-order valence-corrected chi connectivity index (χ4v) is 2.10. The van der Waals surface area contributed by atoms with Gasteiger partial charge in [-0.05, 0) is 18.2 Å². The van der Waals surface area contributed by atoms with Crippen LogP contribution in [0.4, 0.5) is 0 Å². The monoisotopic (exact) mass is 258 g/mol. The van der Waals surface area contributed by atoms with E-state index in [4.69, 9.17) is 10.7 Å². The van der Waals surface area contributed by atoms with Gasteiger partial charge in [0.15, 0.2) is 0 Å². The van der Waals surface area contributed by atoms with E-state index in [2.05, 4.69) is 4.98 Å². The predicted molar refractivity (Wildman–Crippen MR) is 59.4 cm³/mol. The number of hydrogen-bond donors (Lipinski definition) is 1. The van der Waals surface area contributed by atoms with Gasteiger partial charge < -0.3 is 4.98 Å². The Labute approximate surface area is 95.7 Å². The molecule has 0 amide bonds. The van der Waals surface area contributed by atoms with Gasteiger partial charge >= 0.3 is 5.69 Å². The van der Waals surface area contributed by atoms with E-state index in [1.807, 2.05) is 0 Å². The van der Waals surface area contributed by atoms with E-state index in [0.717, 1.165) is 0 Å². The van der Waals surface area contributed by atoms with E-state index in [9.17, 15) is 13.2 Å². The van der Waals surface area contributed by atoms with Gasteiger partial charge in [-0.25, -0.2) is 13.2 Å². The molecule has 0 fully saturated rings. The van der Waals surface area contributed by atoms with Crippen molar-refractivity contribution in [2.24, 2.45) is 0 Å². The second kappa shape index (κ2) is 3.80. The molecule has 0 aliphatic rings. The van der Waals surface area contributed by atoms with Crippen molar-refractivity contribution in [1.82, 2.24) is 9.55 Å². The normalized spacial score (nSPS) is 11.6. The van der Waals surface area contributed by atoms with Crippen LogP contribution in [0.1, 0.15) is 0 Å². The van der Waals surface area contributed by atoms with Gasteiger partial charge in [-0.3, -0.25) is 4.57 Å². The van der Waals surface area contributed by atoms with Crippen molar-refractivity contribution in [3.05, 3.63) is 47.1 Å². The summed E-state index contributed by atoms with van der Waals surface area (Å²) in [6.07, 6.45) is 2.96. The number of nitrogens with one attached hydrogen (secondary N) is 1. The lowest BCUT2D eigenvalue weighted by Crippen LogP contribution is -2.14. The Hall–Kier alpha value is -1.53. The maximum atomic E-state index is 11.3. The molecule has 2 rings (SSSR count). The molecule has 0 saturated heterocycles. The minimum absolute atomic E-state index is 0.0419. The third kappa shape index (κ3) is 2.02. The predicted octanol–water partition coefficient (Wildman–Crippen LogP) is 1.09. The summed E-state index contributed by atoms with van der Waals surface area (Å²) in [6, 6.07) is 5.83. The van der Waals surface area contributed by atoms with Crippen LogP contribution in [0.25, 0.3) is 5.69 Å². The van der Waals surface area contributed by atoms with Gasteiger partial charge in [0.1, 0.15) is 0 Å². The maximum absolute atomic E-state index is 11.3. The molecule has 1 aromatic carbocycles. The first-order chi connectivity index (χ1) is 7.48. The van der Waals surface area contributed by atoms with Crippen LogP contribution >= 0.6 is 10.7 Å². The highest BCUT2D eigenvalue weighted by Gasteiger charge is 2.11. The van der Waals surface area contributed by atoms with E-state index in [-0.39, 0.29) is 10.6 Å². The van der Waals surface area contributed by atoms with Crippen molar-refractivity contribution < 1.29 is 8.42 Å². The van der Waals surface area contributed by atoms with E-state index >= 15 is 0 Å². The molecular weight excluding hydrogens is 252 g/mol. The number of H-pyrrole nitrogens is 1. The second-order valence-electron chi connectivity index (χ2n) is 3.07. The molecule has 2 aromatic rings. The minimum atomic E-state index is -3.78. The Morgan fingerprint density at radius 3 is 2.62 bits per heavy atom. The molecule has 0 atom stereocenters. The number of aromatic amines is 1. The van der Waals surface area contributed by atoms with Gasteiger partial charge in [0.2, 0.25) is 0 Å². The zero-order valence-corrected chi connectivity index (χ0v) is 9.49. The van der Waals surface area contributed by atoms with Gasteiger partial charge in [0, 0.05) is 23.1 Å². The molecule has 0 bridgehead atoms. The Morgan fingerprint density at radius 2 is 2.06 bits per heavy atom. The average Bonchev–Trinajstić information content (AvgIpc) is 2.63. The largest absolute Gasteiger partial charge is 0.330 e. The minimum Gasteiger partial charge on any atom is -0.312 e. The van der Waals surface area contributed by atoms with E-state index in [1.165, 1.54) is 35.2 Å². The zero-order valence-electron chi connectivity index (χ0n) is 7.92. The molecule has 0 unspecified atom stereocenters. The summed E-state index contributed by atoms with van der Waals surface area (Å²) in [7, 11) is 1.43. The van der Waals surface area contributed by atoms with E-state index in [1.54, 1.807) is 6.07 Å². The average molecular weight is 259 g/mol. The van der Waals surface area contributed by atoms with Gasteiger partial charge in [-0.1, -0.05) is 6.07 Å². The van der Waals surface area contributed by atoms with Crippen LogP contribution in [0.2, 0.25) is 0 Å². The Kier molecular flexibility index (Phi) is 2.61. The van der Waals surface area contributed by atoms with Crippen LogP contribution in [-0.2, 0) is 9.05 Å². The molecular formula is C9H7ClN2O3S. The van der Waals surface area contributed by atoms with Crippen molar-refractivity contribution in [2.75, 3.05) is 0 Å². The Bertz CT molecular complexity index is 672. The van der Waals surface area contributed by atoms with Crippen LogP contribution in [0.15, 0.2) is 46.3 Å². The molecule has 1 N–H and O–H groups in total. The summed E-state index contributed by atoms with van der Waals surface area (Å²) in [4.78, 5) is 13.7.